The molecule has 0 unspecified atom stereocenters. The zero-order valence-electron chi connectivity index (χ0n) is 8.16. The van der Waals surface area contributed by atoms with Crippen LogP contribution in [0.3, 0.4) is 0 Å². The van der Waals surface area contributed by atoms with Crippen LogP contribution in [-0.4, -0.2) is 20.9 Å². The number of ether oxygens (including phenoxy) is 1. The molecule has 2 heterocycles. The third-order valence-electron chi connectivity index (χ3n) is 1.71. The van der Waals surface area contributed by atoms with Crippen LogP contribution in [0, 0.1) is 0 Å². The van der Waals surface area contributed by atoms with Crippen LogP contribution in [0.15, 0.2) is 29.3 Å². The number of nitrogens with zero attached hydrogens (tertiary/aromatic N) is 3. The topological polar surface area (TPSA) is 104 Å². The Morgan fingerprint density at radius 3 is 2.81 bits per heavy atom. The van der Waals surface area contributed by atoms with E-state index in [9.17, 15) is 4.79 Å². The highest BCUT2D eigenvalue weighted by Crippen LogP contribution is 2.12. The molecule has 1 amide bonds. The van der Waals surface area contributed by atoms with Crippen molar-refractivity contribution >= 4 is 5.91 Å². The van der Waals surface area contributed by atoms with E-state index in [0.717, 1.165) is 0 Å². The minimum atomic E-state index is -0.699. The van der Waals surface area contributed by atoms with E-state index in [2.05, 4.69) is 15.0 Å². The SMILES string of the molecule is NC(=O)c1nccnc1OCc1ncco1. The number of nitrogens with two attached hydrogens (primary N) is 1. The van der Waals surface area contributed by atoms with Gasteiger partial charge in [-0.3, -0.25) is 4.79 Å². The molecule has 7 nitrogen and oxygen atoms in total. The van der Waals surface area contributed by atoms with E-state index < -0.39 is 5.91 Å². The summed E-state index contributed by atoms with van der Waals surface area (Å²) in [5, 5.41) is 0. The minimum absolute atomic E-state index is 0.0194. The lowest BCUT2D eigenvalue weighted by Gasteiger charge is -2.04. The highest BCUT2D eigenvalue weighted by molar-refractivity contribution is 5.92. The minimum Gasteiger partial charge on any atom is -0.466 e. The Bertz CT molecular complexity index is 483. The fourth-order valence-electron chi connectivity index (χ4n) is 1.05. The standard InChI is InChI=1S/C9H8N4O3/c10-8(14)7-9(13-2-1-12-7)16-5-6-11-3-4-15-6/h1-4H,5H2,(H2,10,14). The van der Waals surface area contributed by atoms with E-state index >= 15 is 0 Å². The van der Waals surface area contributed by atoms with Gasteiger partial charge in [-0.25, -0.2) is 15.0 Å². The summed E-state index contributed by atoms with van der Waals surface area (Å²) in [6.07, 6.45) is 5.67. The van der Waals surface area contributed by atoms with Crippen LogP contribution < -0.4 is 10.5 Å². The van der Waals surface area contributed by atoms with E-state index in [1.54, 1.807) is 0 Å². The van der Waals surface area contributed by atoms with Gasteiger partial charge < -0.3 is 14.9 Å². The Hall–Kier alpha value is -2.44. The molecule has 0 aromatic carbocycles. The predicted molar refractivity (Wildman–Crippen MR) is 51.4 cm³/mol. The van der Waals surface area contributed by atoms with E-state index in [-0.39, 0.29) is 18.2 Å². The van der Waals surface area contributed by atoms with Gasteiger partial charge in [0.2, 0.25) is 11.8 Å². The summed E-state index contributed by atoms with van der Waals surface area (Å²) in [6, 6.07) is 0. The first-order chi connectivity index (χ1) is 7.77. The molecule has 82 valence electrons. The van der Waals surface area contributed by atoms with Crippen molar-refractivity contribution in [2.24, 2.45) is 5.73 Å². The molecule has 2 aromatic rings. The van der Waals surface area contributed by atoms with Gasteiger partial charge in [-0.1, -0.05) is 0 Å². The molecule has 0 saturated carbocycles. The van der Waals surface area contributed by atoms with Crippen LogP contribution in [-0.2, 0) is 6.61 Å². The third kappa shape index (κ3) is 2.14. The van der Waals surface area contributed by atoms with E-state index in [0.29, 0.717) is 5.89 Å². The van der Waals surface area contributed by atoms with Crippen molar-refractivity contribution in [3.8, 4) is 5.88 Å². The molecule has 0 bridgehead atoms. The molecule has 2 aromatic heterocycles. The van der Waals surface area contributed by atoms with Gasteiger partial charge in [0.25, 0.3) is 5.91 Å². The number of carbonyl (C=O) groups excluding carboxylic acids is 1. The molecule has 0 atom stereocenters. The van der Waals surface area contributed by atoms with Gasteiger partial charge in [-0.15, -0.1) is 0 Å². The van der Waals surface area contributed by atoms with E-state index in [4.69, 9.17) is 14.9 Å². The van der Waals surface area contributed by atoms with Crippen molar-refractivity contribution in [3.63, 3.8) is 0 Å². The molecule has 2 rings (SSSR count). The average molecular weight is 220 g/mol. The molecule has 2 N–H and O–H groups in total. The van der Waals surface area contributed by atoms with Crippen LogP contribution in [0.4, 0.5) is 0 Å². The largest absolute Gasteiger partial charge is 0.466 e. The maximum Gasteiger partial charge on any atom is 0.272 e. The Balaban J connectivity index is 2.12. The maximum atomic E-state index is 11.0. The lowest BCUT2D eigenvalue weighted by atomic mass is 10.4. The second kappa shape index (κ2) is 4.39. The summed E-state index contributed by atoms with van der Waals surface area (Å²) in [7, 11) is 0. The summed E-state index contributed by atoms with van der Waals surface area (Å²) in [4.78, 5) is 22.4. The van der Waals surface area contributed by atoms with Crippen molar-refractivity contribution in [3.05, 3.63) is 36.4 Å². The van der Waals surface area contributed by atoms with Crippen LogP contribution >= 0.6 is 0 Å². The van der Waals surface area contributed by atoms with Crippen LogP contribution in [0.1, 0.15) is 16.4 Å². The van der Waals surface area contributed by atoms with Gasteiger partial charge in [0, 0.05) is 12.4 Å². The zero-order chi connectivity index (χ0) is 11.4. The second-order valence-corrected chi connectivity index (χ2v) is 2.79. The summed E-state index contributed by atoms with van der Waals surface area (Å²) in [6.45, 7) is 0.0615. The predicted octanol–water partition coefficient (Wildman–Crippen LogP) is 0.142. The summed E-state index contributed by atoms with van der Waals surface area (Å²) in [5.41, 5.74) is 5.08. The Labute approximate surface area is 90.3 Å². The highest BCUT2D eigenvalue weighted by Gasteiger charge is 2.12. The number of hydrogen-bond acceptors (Lipinski definition) is 6. The molecule has 0 spiro atoms. The molecule has 0 fully saturated rings. The Kier molecular flexibility index (Phi) is 2.77. The van der Waals surface area contributed by atoms with E-state index in [1.807, 2.05) is 0 Å². The molecule has 16 heavy (non-hydrogen) atoms. The monoisotopic (exact) mass is 220 g/mol. The van der Waals surface area contributed by atoms with Gasteiger partial charge in [0.05, 0.1) is 6.20 Å². The molecule has 0 aliphatic heterocycles. The summed E-state index contributed by atoms with van der Waals surface area (Å²) in [5.74, 6) is -0.259. The average Bonchev–Trinajstić information content (AvgIpc) is 2.79. The second-order valence-electron chi connectivity index (χ2n) is 2.79. The van der Waals surface area contributed by atoms with Gasteiger partial charge >= 0.3 is 0 Å². The normalized spacial score (nSPS) is 10.0. The summed E-state index contributed by atoms with van der Waals surface area (Å²) < 4.78 is 10.2. The number of rotatable bonds is 4. The number of aromatic nitrogens is 3. The van der Waals surface area contributed by atoms with Gasteiger partial charge in [0.15, 0.2) is 12.3 Å². The Morgan fingerprint density at radius 2 is 2.12 bits per heavy atom. The molecule has 0 saturated heterocycles. The quantitative estimate of drug-likeness (QED) is 0.785. The number of oxazole rings is 1. The van der Waals surface area contributed by atoms with Crippen LogP contribution in [0.25, 0.3) is 0 Å². The van der Waals surface area contributed by atoms with Gasteiger partial charge in [0.1, 0.15) is 6.26 Å². The zero-order valence-corrected chi connectivity index (χ0v) is 8.16. The number of carbonyl (C=O) groups is 1. The number of amides is 1. The third-order valence-corrected chi connectivity index (χ3v) is 1.71. The number of primary amides is 1. The van der Waals surface area contributed by atoms with Crippen molar-refractivity contribution in [2.45, 2.75) is 6.61 Å². The molecular formula is C9H8N4O3. The van der Waals surface area contributed by atoms with Crippen molar-refractivity contribution in [2.75, 3.05) is 0 Å². The maximum absolute atomic E-state index is 11.0. The van der Waals surface area contributed by atoms with E-state index in [1.165, 1.54) is 24.9 Å². The van der Waals surface area contributed by atoms with Gasteiger partial charge in [-0.05, 0) is 0 Å². The molecule has 7 heteroatoms. The van der Waals surface area contributed by atoms with Gasteiger partial charge in [-0.2, -0.15) is 0 Å². The lowest BCUT2D eigenvalue weighted by Crippen LogP contribution is -2.15. The molecule has 0 aliphatic rings. The van der Waals surface area contributed by atoms with Crippen molar-refractivity contribution < 1.29 is 13.9 Å². The molecular weight excluding hydrogens is 212 g/mol. The highest BCUT2D eigenvalue weighted by atomic mass is 16.5. The Morgan fingerprint density at radius 1 is 1.31 bits per heavy atom. The molecule has 0 radical (unpaired) electrons. The van der Waals surface area contributed by atoms with Crippen molar-refractivity contribution in [1.82, 2.24) is 15.0 Å². The first-order valence-electron chi connectivity index (χ1n) is 4.39. The number of hydrogen-bond donors (Lipinski definition) is 1. The first-order valence-corrected chi connectivity index (χ1v) is 4.39. The van der Waals surface area contributed by atoms with Crippen molar-refractivity contribution in [1.29, 1.82) is 0 Å². The summed E-state index contributed by atoms with van der Waals surface area (Å²) >= 11 is 0. The smallest absolute Gasteiger partial charge is 0.272 e. The van der Waals surface area contributed by atoms with Crippen LogP contribution in [0.2, 0.25) is 0 Å². The first kappa shape index (κ1) is 10.1. The van der Waals surface area contributed by atoms with Crippen LogP contribution in [0.5, 0.6) is 5.88 Å². The fraction of sp³-hybridized carbons (Fsp3) is 0.111. The fourth-order valence-corrected chi connectivity index (χ4v) is 1.05. The molecule has 0 aliphatic carbocycles. The lowest BCUT2D eigenvalue weighted by molar-refractivity contribution is 0.0988.